The first kappa shape index (κ1) is 18.6. The van der Waals surface area contributed by atoms with Crippen LogP contribution in [0.25, 0.3) is 0 Å². The van der Waals surface area contributed by atoms with E-state index in [1.165, 1.54) is 31.4 Å². The molecule has 1 heterocycles. The molecule has 4 aliphatic rings. The third-order valence-corrected chi connectivity index (χ3v) is 6.98. The minimum atomic E-state index is -0.625. The summed E-state index contributed by atoms with van der Waals surface area (Å²) in [4.78, 5) is 29.2. The van der Waals surface area contributed by atoms with Gasteiger partial charge in [-0.25, -0.2) is 9.37 Å². The summed E-state index contributed by atoms with van der Waals surface area (Å²) in [6, 6.07) is 3.92. The van der Waals surface area contributed by atoms with Gasteiger partial charge in [-0.1, -0.05) is 18.0 Å². The lowest BCUT2D eigenvalue weighted by molar-refractivity contribution is -0.197. The minimum absolute atomic E-state index is 0.0211. The second-order valence-electron chi connectivity index (χ2n) is 8.61. The topological polar surface area (TPSA) is 73.2 Å². The summed E-state index contributed by atoms with van der Waals surface area (Å²) in [6.07, 6.45) is 9.89. The predicted octanol–water partition coefficient (Wildman–Crippen LogP) is 3.54. The van der Waals surface area contributed by atoms with Gasteiger partial charge in [0.05, 0.1) is 22.5 Å². The third kappa shape index (κ3) is 3.03. The fourth-order valence-corrected chi connectivity index (χ4v) is 4.89. The lowest BCUT2D eigenvalue weighted by atomic mass is 9.39. The number of carbonyl (C=O) groups excluding carboxylic acids is 2. The van der Waals surface area contributed by atoms with Crippen LogP contribution in [0.1, 0.15) is 50.1 Å². The number of imidazole rings is 1. The zero-order valence-electron chi connectivity index (χ0n) is 15.8. The van der Waals surface area contributed by atoms with E-state index in [4.69, 9.17) is 16.3 Å². The summed E-state index contributed by atoms with van der Waals surface area (Å²) in [6.45, 7) is -0.361. The van der Waals surface area contributed by atoms with Gasteiger partial charge in [-0.3, -0.25) is 14.9 Å². The molecule has 0 radical (unpaired) electrons. The van der Waals surface area contributed by atoms with Gasteiger partial charge in [0.1, 0.15) is 11.6 Å². The Labute approximate surface area is 172 Å². The molecular weight excluding hydrogens is 397 g/mol. The van der Waals surface area contributed by atoms with Crippen molar-refractivity contribution in [3.05, 3.63) is 47.3 Å². The average molecular weight is 418 g/mol. The Kier molecular flexibility index (Phi) is 4.21. The quantitative estimate of drug-likeness (QED) is 0.780. The lowest BCUT2D eigenvalue weighted by Gasteiger charge is -2.69. The van der Waals surface area contributed by atoms with E-state index in [0.717, 1.165) is 31.0 Å². The maximum atomic E-state index is 13.4. The van der Waals surface area contributed by atoms with Crippen LogP contribution in [0.15, 0.2) is 30.7 Å². The number of amides is 2. The number of ether oxygens (including phenoxy) is 1. The van der Waals surface area contributed by atoms with E-state index >= 15 is 0 Å². The first-order valence-electron chi connectivity index (χ1n) is 9.86. The summed E-state index contributed by atoms with van der Waals surface area (Å²) >= 11 is 5.61. The zero-order valence-corrected chi connectivity index (χ0v) is 16.5. The van der Waals surface area contributed by atoms with Gasteiger partial charge < -0.3 is 9.30 Å². The Hall–Kier alpha value is -2.41. The van der Waals surface area contributed by atoms with Crippen LogP contribution < -0.4 is 10.1 Å². The lowest BCUT2D eigenvalue weighted by Crippen LogP contribution is -2.72. The van der Waals surface area contributed by atoms with Gasteiger partial charge in [0, 0.05) is 23.7 Å². The molecule has 2 amide bonds. The molecule has 6 nitrogen and oxygen atoms in total. The van der Waals surface area contributed by atoms with Crippen molar-refractivity contribution in [1.29, 1.82) is 0 Å². The van der Waals surface area contributed by atoms with Gasteiger partial charge in [-0.15, -0.1) is 0 Å². The molecule has 1 N–H and O–H groups in total. The first-order valence-corrected chi connectivity index (χ1v) is 10.2. The molecule has 152 valence electrons. The van der Waals surface area contributed by atoms with Crippen LogP contribution in [0.2, 0.25) is 5.02 Å². The van der Waals surface area contributed by atoms with E-state index in [9.17, 15) is 14.0 Å². The van der Waals surface area contributed by atoms with Crippen LogP contribution in [-0.2, 0) is 15.1 Å². The highest BCUT2D eigenvalue weighted by atomic mass is 35.5. The number of hydrogen-bond acceptors (Lipinski definition) is 4. The van der Waals surface area contributed by atoms with Crippen molar-refractivity contribution in [3.63, 3.8) is 0 Å². The number of nitrogens with one attached hydrogen (secondary N) is 1. The standard InChI is InChI=1S/C21H21ClFN3O3/c22-15-5-4-14(6-16(15)23)29-8-18(27)25-19(28)20-9-21(10-20,11-20)26-7-17(24-12-26)13-2-1-3-13/h4-7,12-13H,1-3,8-11H2,(H,25,27,28). The Bertz CT molecular complexity index is 981. The van der Waals surface area contributed by atoms with Gasteiger partial charge in [-0.05, 0) is 44.2 Å². The number of nitrogens with zero attached hydrogens (tertiary/aromatic N) is 2. The van der Waals surface area contributed by atoms with E-state index in [1.807, 2.05) is 6.33 Å². The molecule has 4 aliphatic carbocycles. The molecule has 4 saturated carbocycles. The average Bonchev–Trinajstić information content (AvgIpc) is 3.01. The van der Waals surface area contributed by atoms with E-state index in [2.05, 4.69) is 21.1 Å². The Morgan fingerprint density at radius 1 is 1.31 bits per heavy atom. The number of rotatable bonds is 6. The first-order chi connectivity index (χ1) is 13.9. The molecule has 0 saturated heterocycles. The van der Waals surface area contributed by atoms with Crippen molar-refractivity contribution in [2.45, 2.75) is 50.0 Å². The SMILES string of the molecule is O=C(COc1ccc(Cl)c(F)c1)NC(=O)C12CC(n3cnc(C4CCC4)c3)(C1)C2. The number of halogens is 2. The summed E-state index contributed by atoms with van der Waals surface area (Å²) in [5.74, 6) is -0.651. The number of imide groups is 1. The van der Waals surface area contributed by atoms with Crippen LogP contribution in [0.5, 0.6) is 5.75 Å². The van der Waals surface area contributed by atoms with Gasteiger partial charge >= 0.3 is 0 Å². The summed E-state index contributed by atoms with van der Waals surface area (Å²) in [7, 11) is 0. The number of carbonyl (C=O) groups is 2. The van der Waals surface area contributed by atoms with Gasteiger partial charge in [0.15, 0.2) is 6.61 Å². The van der Waals surface area contributed by atoms with E-state index in [-0.39, 0.29) is 28.8 Å². The third-order valence-electron chi connectivity index (χ3n) is 6.67. The molecule has 29 heavy (non-hydrogen) atoms. The molecule has 0 unspecified atom stereocenters. The highest BCUT2D eigenvalue weighted by Crippen LogP contribution is 2.71. The number of benzene rings is 1. The molecule has 4 fully saturated rings. The highest BCUT2D eigenvalue weighted by molar-refractivity contribution is 6.30. The minimum Gasteiger partial charge on any atom is -0.484 e. The van der Waals surface area contributed by atoms with Crippen LogP contribution >= 0.6 is 11.6 Å². The molecule has 2 aromatic rings. The largest absolute Gasteiger partial charge is 0.484 e. The number of hydrogen-bond donors (Lipinski definition) is 1. The predicted molar refractivity (Wildman–Crippen MR) is 103 cm³/mol. The Morgan fingerprint density at radius 2 is 2.07 bits per heavy atom. The smallest absolute Gasteiger partial charge is 0.264 e. The monoisotopic (exact) mass is 417 g/mol. The fourth-order valence-electron chi connectivity index (χ4n) is 4.77. The maximum absolute atomic E-state index is 13.4. The highest BCUT2D eigenvalue weighted by Gasteiger charge is 2.72. The van der Waals surface area contributed by atoms with Crippen molar-refractivity contribution in [2.24, 2.45) is 5.41 Å². The van der Waals surface area contributed by atoms with E-state index < -0.39 is 17.1 Å². The van der Waals surface area contributed by atoms with Crippen LogP contribution in [-0.4, -0.2) is 28.0 Å². The Morgan fingerprint density at radius 3 is 2.72 bits per heavy atom. The van der Waals surface area contributed by atoms with E-state index in [0.29, 0.717) is 5.92 Å². The zero-order chi connectivity index (χ0) is 20.2. The van der Waals surface area contributed by atoms with Crippen LogP contribution in [0.4, 0.5) is 4.39 Å². The van der Waals surface area contributed by atoms with Gasteiger partial charge in [-0.2, -0.15) is 0 Å². The maximum Gasteiger partial charge on any atom is 0.264 e. The van der Waals surface area contributed by atoms with Crippen molar-refractivity contribution in [3.8, 4) is 5.75 Å². The Balaban J connectivity index is 1.12. The van der Waals surface area contributed by atoms with Crippen LogP contribution in [0.3, 0.4) is 0 Å². The summed E-state index contributed by atoms with van der Waals surface area (Å²) < 4.78 is 20.8. The van der Waals surface area contributed by atoms with Gasteiger partial charge in [0.2, 0.25) is 5.91 Å². The normalized spacial score (nSPS) is 27.4. The van der Waals surface area contributed by atoms with Crippen molar-refractivity contribution in [2.75, 3.05) is 6.61 Å². The molecule has 0 atom stereocenters. The van der Waals surface area contributed by atoms with Crippen molar-refractivity contribution in [1.82, 2.24) is 14.9 Å². The molecule has 1 aromatic heterocycles. The molecule has 1 aromatic carbocycles. The van der Waals surface area contributed by atoms with Crippen molar-refractivity contribution < 1.29 is 18.7 Å². The number of aromatic nitrogens is 2. The fraction of sp³-hybridized carbons (Fsp3) is 0.476. The molecule has 0 aliphatic heterocycles. The second-order valence-corrected chi connectivity index (χ2v) is 9.02. The molecule has 2 bridgehead atoms. The molecule has 8 heteroatoms. The van der Waals surface area contributed by atoms with Crippen molar-refractivity contribution >= 4 is 23.4 Å². The molecular formula is C21H21ClFN3O3. The second kappa shape index (κ2) is 6.55. The van der Waals surface area contributed by atoms with Gasteiger partial charge in [0.25, 0.3) is 5.91 Å². The van der Waals surface area contributed by atoms with Crippen LogP contribution in [0, 0.1) is 11.2 Å². The van der Waals surface area contributed by atoms with E-state index in [1.54, 1.807) is 0 Å². The molecule has 0 spiro atoms. The molecule has 6 rings (SSSR count). The summed E-state index contributed by atoms with van der Waals surface area (Å²) in [5, 5.41) is 2.40. The summed E-state index contributed by atoms with van der Waals surface area (Å²) in [5.41, 5.74) is 0.667.